The first kappa shape index (κ1) is 5.77. The summed E-state index contributed by atoms with van der Waals surface area (Å²) in [6, 6.07) is 2.98. The van der Waals surface area contributed by atoms with Gasteiger partial charge in [0.15, 0.2) is 0 Å². The van der Waals surface area contributed by atoms with Crippen molar-refractivity contribution in [2.75, 3.05) is 0 Å². The standard InChI is InChI=1S/C10H11BrN4O/c1-6-4-5-8(9(11)7(6)2)15-10(16)14(3)12-13-15/h4-5H,1-3H3/i2D3,3D3. The smallest absolute Gasteiger partial charge is 0.244 e. The maximum Gasteiger partial charge on any atom is 0.368 e. The van der Waals surface area contributed by atoms with E-state index in [2.05, 4.69) is 26.4 Å². The van der Waals surface area contributed by atoms with Crippen LogP contribution in [0.25, 0.3) is 5.69 Å². The second-order valence-corrected chi connectivity index (χ2v) is 3.97. The van der Waals surface area contributed by atoms with Crippen LogP contribution in [0.3, 0.4) is 0 Å². The summed E-state index contributed by atoms with van der Waals surface area (Å²) in [6.45, 7) is -3.54. The van der Waals surface area contributed by atoms with Crippen LogP contribution in [-0.4, -0.2) is 19.8 Å². The van der Waals surface area contributed by atoms with Crippen LogP contribution in [-0.2, 0) is 6.98 Å². The van der Waals surface area contributed by atoms with E-state index in [4.69, 9.17) is 8.22 Å². The van der Waals surface area contributed by atoms with Crippen LogP contribution in [0.5, 0.6) is 0 Å². The van der Waals surface area contributed by atoms with E-state index in [1.54, 1.807) is 6.92 Å². The molecule has 0 aliphatic rings. The highest BCUT2D eigenvalue weighted by Crippen LogP contribution is 2.25. The van der Waals surface area contributed by atoms with Crippen molar-refractivity contribution < 1.29 is 8.22 Å². The largest absolute Gasteiger partial charge is 0.368 e. The number of aromatic nitrogens is 4. The van der Waals surface area contributed by atoms with Crippen LogP contribution in [0.2, 0.25) is 0 Å². The van der Waals surface area contributed by atoms with Crippen LogP contribution in [0.1, 0.15) is 19.4 Å². The molecule has 2 rings (SSSR count). The first-order chi connectivity index (χ1) is 9.94. The number of rotatable bonds is 1. The zero-order chi connectivity index (χ0) is 16.9. The van der Waals surface area contributed by atoms with Gasteiger partial charge in [0.25, 0.3) is 0 Å². The number of aryl methyl sites for hydroxylation is 2. The van der Waals surface area contributed by atoms with E-state index in [0.717, 1.165) is 4.68 Å². The Morgan fingerprint density at radius 3 is 2.88 bits per heavy atom. The lowest BCUT2D eigenvalue weighted by Crippen LogP contribution is -2.22. The second kappa shape index (κ2) is 3.86. The van der Waals surface area contributed by atoms with Crippen LogP contribution in [0.4, 0.5) is 0 Å². The van der Waals surface area contributed by atoms with Gasteiger partial charge in [0.05, 0.1) is 5.69 Å². The molecular weight excluding hydrogens is 272 g/mol. The average molecular weight is 289 g/mol. The lowest BCUT2D eigenvalue weighted by molar-refractivity contribution is 0.692. The molecule has 0 saturated carbocycles. The van der Waals surface area contributed by atoms with E-state index in [0.29, 0.717) is 5.56 Å². The Labute approximate surface area is 109 Å². The maximum atomic E-state index is 12.1. The predicted molar refractivity (Wildman–Crippen MR) is 63.8 cm³/mol. The molecule has 0 N–H and O–H groups in total. The molecule has 0 fully saturated rings. The first-order valence-corrected chi connectivity index (χ1v) is 5.09. The van der Waals surface area contributed by atoms with Gasteiger partial charge in [-0.15, -0.1) is 0 Å². The molecule has 0 aliphatic heterocycles. The number of halogens is 1. The van der Waals surface area contributed by atoms with Gasteiger partial charge in [-0.05, 0) is 57.3 Å². The third-order valence-electron chi connectivity index (χ3n) is 2.14. The molecule has 0 unspecified atom stereocenters. The second-order valence-electron chi connectivity index (χ2n) is 3.18. The van der Waals surface area contributed by atoms with E-state index in [1.807, 2.05) is 0 Å². The molecule has 1 aromatic heterocycles. The highest BCUT2D eigenvalue weighted by molar-refractivity contribution is 9.10. The average Bonchev–Trinajstić information content (AvgIpc) is 2.69. The van der Waals surface area contributed by atoms with E-state index in [-0.39, 0.29) is 20.4 Å². The molecule has 16 heavy (non-hydrogen) atoms. The van der Waals surface area contributed by atoms with E-state index in [9.17, 15) is 4.79 Å². The summed E-state index contributed by atoms with van der Waals surface area (Å²) < 4.78 is 45.4. The normalized spacial score (nSPS) is 17.9. The molecule has 5 nitrogen and oxygen atoms in total. The van der Waals surface area contributed by atoms with E-state index < -0.39 is 19.5 Å². The summed E-state index contributed by atoms with van der Waals surface area (Å²) in [5.41, 5.74) is -0.342. The van der Waals surface area contributed by atoms with E-state index >= 15 is 0 Å². The summed E-state index contributed by atoms with van der Waals surface area (Å²) in [5, 5.41) is 6.82. The predicted octanol–water partition coefficient (Wildman–Crippen LogP) is 1.35. The molecule has 1 heterocycles. The van der Waals surface area contributed by atoms with Gasteiger partial charge in [-0.2, -0.15) is 9.36 Å². The van der Waals surface area contributed by atoms with Gasteiger partial charge in [-0.1, -0.05) is 6.07 Å². The molecule has 6 heteroatoms. The highest BCUT2D eigenvalue weighted by Gasteiger charge is 2.11. The molecular formula is C10H11BrN4O. The molecule has 0 amide bonds. The summed E-state index contributed by atoms with van der Waals surface area (Å²) in [4.78, 5) is 12.1. The van der Waals surface area contributed by atoms with Crippen molar-refractivity contribution in [1.82, 2.24) is 19.8 Å². The fourth-order valence-electron chi connectivity index (χ4n) is 1.22. The quantitative estimate of drug-likeness (QED) is 0.796. The van der Waals surface area contributed by atoms with Gasteiger partial charge < -0.3 is 0 Å². The third kappa shape index (κ3) is 1.59. The molecule has 0 spiro atoms. The SMILES string of the molecule is [2H]C([2H])([2H])c1c(C)ccc(-n2nnn(C([2H])([2H])[2H])c2=O)c1Br. The van der Waals surface area contributed by atoms with Gasteiger partial charge in [0.1, 0.15) is 0 Å². The maximum absolute atomic E-state index is 12.1. The van der Waals surface area contributed by atoms with Crippen LogP contribution >= 0.6 is 15.9 Å². The number of nitrogens with zero attached hydrogens (tertiary/aromatic N) is 4. The Balaban J connectivity index is 2.71. The lowest BCUT2D eigenvalue weighted by Gasteiger charge is -2.07. The van der Waals surface area contributed by atoms with Gasteiger partial charge in [0, 0.05) is 19.7 Å². The molecule has 0 atom stereocenters. The number of benzene rings is 1. The number of tetrazole rings is 1. The molecule has 2 aromatic rings. The van der Waals surface area contributed by atoms with Gasteiger partial charge in [-0.3, -0.25) is 0 Å². The topological polar surface area (TPSA) is 52.7 Å². The van der Waals surface area contributed by atoms with Gasteiger partial charge in [-0.25, -0.2) is 4.79 Å². The Bertz CT molecular complexity index is 775. The highest BCUT2D eigenvalue weighted by atomic mass is 79.9. The van der Waals surface area contributed by atoms with Crippen molar-refractivity contribution in [2.24, 2.45) is 6.98 Å². The Kier molecular flexibility index (Phi) is 1.39. The zero-order valence-corrected chi connectivity index (χ0v) is 9.82. The fourth-order valence-corrected chi connectivity index (χ4v) is 1.84. The first-order valence-electron chi connectivity index (χ1n) is 7.30. The van der Waals surface area contributed by atoms with Crippen molar-refractivity contribution in [1.29, 1.82) is 0 Å². The van der Waals surface area contributed by atoms with Crippen molar-refractivity contribution in [3.05, 3.63) is 38.2 Å². The summed E-state index contributed by atoms with van der Waals surface area (Å²) in [5.74, 6) is 0. The molecule has 84 valence electrons. The summed E-state index contributed by atoms with van der Waals surface area (Å²) in [6.07, 6.45) is 0. The van der Waals surface area contributed by atoms with Crippen molar-refractivity contribution in [2.45, 2.75) is 13.8 Å². The van der Waals surface area contributed by atoms with Crippen molar-refractivity contribution in [3.8, 4) is 5.69 Å². The third-order valence-corrected chi connectivity index (χ3v) is 2.94. The Hall–Kier alpha value is -1.43. The molecule has 1 aromatic carbocycles. The minimum absolute atomic E-state index is 0.0281. The zero-order valence-electron chi connectivity index (χ0n) is 14.2. The number of hydrogen-bond donors (Lipinski definition) is 0. The van der Waals surface area contributed by atoms with Gasteiger partial charge in [0.2, 0.25) is 0 Å². The minimum atomic E-state index is -2.76. The fraction of sp³-hybridized carbons (Fsp3) is 0.300. The molecule has 0 bridgehead atoms. The minimum Gasteiger partial charge on any atom is -0.244 e. The molecule has 0 radical (unpaired) electrons. The lowest BCUT2D eigenvalue weighted by atomic mass is 10.1. The Morgan fingerprint density at radius 2 is 2.25 bits per heavy atom. The van der Waals surface area contributed by atoms with Gasteiger partial charge >= 0.3 is 5.69 Å². The molecule has 0 aliphatic carbocycles. The molecule has 0 saturated heterocycles. The monoisotopic (exact) mass is 288 g/mol. The van der Waals surface area contributed by atoms with Crippen LogP contribution in [0.15, 0.2) is 21.4 Å². The number of hydrogen-bond acceptors (Lipinski definition) is 3. The van der Waals surface area contributed by atoms with Crippen molar-refractivity contribution >= 4 is 15.9 Å². The summed E-state index contributed by atoms with van der Waals surface area (Å²) >= 11 is 3.16. The Morgan fingerprint density at radius 1 is 1.44 bits per heavy atom. The van der Waals surface area contributed by atoms with Crippen LogP contribution in [0, 0.1) is 13.8 Å². The van der Waals surface area contributed by atoms with Crippen LogP contribution < -0.4 is 5.69 Å². The van der Waals surface area contributed by atoms with Crippen molar-refractivity contribution in [3.63, 3.8) is 0 Å². The summed E-state index contributed by atoms with van der Waals surface area (Å²) in [7, 11) is 0. The van der Waals surface area contributed by atoms with E-state index in [1.165, 1.54) is 12.1 Å².